The van der Waals surface area contributed by atoms with Crippen LogP contribution < -0.4 is 4.90 Å². The van der Waals surface area contributed by atoms with Gasteiger partial charge in [-0.2, -0.15) is 4.98 Å². The van der Waals surface area contributed by atoms with Gasteiger partial charge >= 0.3 is 0 Å². The average molecular weight is 398 g/mol. The molecule has 1 atom stereocenters. The molecule has 7 heteroatoms. The first-order valence-electron chi connectivity index (χ1n) is 10.7. The number of rotatable bonds is 4. The first-order chi connectivity index (χ1) is 14.0. The van der Waals surface area contributed by atoms with Gasteiger partial charge in [-0.25, -0.2) is 0 Å². The first kappa shape index (κ1) is 19.9. The summed E-state index contributed by atoms with van der Waals surface area (Å²) in [4.78, 5) is 24.3. The molecule has 1 aromatic carbocycles. The molecule has 0 spiro atoms. The lowest BCUT2D eigenvalue weighted by molar-refractivity contribution is -0.134. The smallest absolute Gasteiger partial charge is 0.257 e. The average Bonchev–Trinajstić information content (AvgIpc) is 3.30. The Morgan fingerprint density at radius 3 is 2.59 bits per heavy atom. The highest BCUT2D eigenvalue weighted by Gasteiger charge is 2.32. The lowest BCUT2D eigenvalue weighted by Gasteiger charge is -2.26. The highest BCUT2D eigenvalue weighted by Crippen LogP contribution is 2.28. The Hall–Kier alpha value is -2.41. The Morgan fingerprint density at radius 2 is 1.90 bits per heavy atom. The monoisotopic (exact) mass is 397 g/mol. The predicted molar refractivity (Wildman–Crippen MR) is 113 cm³/mol. The molecule has 2 aliphatic heterocycles. The molecule has 2 aromatic rings. The van der Waals surface area contributed by atoms with Gasteiger partial charge in [0.05, 0.1) is 5.92 Å². The second-order valence-electron chi connectivity index (χ2n) is 8.43. The Kier molecular flexibility index (Phi) is 5.85. The van der Waals surface area contributed by atoms with E-state index in [9.17, 15) is 4.79 Å². The quantitative estimate of drug-likeness (QED) is 0.790. The van der Waals surface area contributed by atoms with Crippen LogP contribution in [0.25, 0.3) is 11.5 Å². The topological polar surface area (TPSA) is 65.7 Å². The molecule has 156 valence electrons. The van der Waals surface area contributed by atoms with E-state index in [1.54, 1.807) is 0 Å². The second kappa shape index (κ2) is 8.53. The van der Waals surface area contributed by atoms with Gasteiger partial charge in [-0.1, -0.05) is 5.16 Å². The molecule has 2 saturated heterocycles. The molecular formula is C22H31N5O2. The van der Waals surface area contributed by atoms with Gasteiger partial charge in [-0.15, -0.1) is 0 Å². The molecule has 1 aromatic heterocycles. The zero-order chi connectivity index (χ0) is 20.4. The molecule has 0 N–H and O–H groups in total. The van der Waals surface area contributed by atoms with Crippen LogP contribution in [0.4, 0.5) is 5.69 Å². The van der Waals surface area contributed by atoms with Gasteiger partial charge in [0.25, 0.3) is 5.89 Å². The van der Waals surface area contributed by atoms with Crippen molar-refractivity contribution in [2.24, 2.45) is 5.92 Å². The van der Waals surface area contributed by atoms with Crippen LogP contribution in [0, 0.1) is 12.8 Å². The summed E-state index contributed by atoms with van der Waals surface area (Å²) in [6.45, 7) is 11.8. The van der Waals surface area contributed by atoms with Gasteiger partial charge in [0.1, 0.15) is 0 Å². The van der Waals surface area contributed by atoms with E-state index < -0.39 is 0 Å². The number of hydrogen-bond acceptors (Lipinski definition) is 6. The molecule has 7 nitrogen and oxygen atoms in total. The molecule has 0 radical (unpaired) electrons. The van der Waals surface area contributed by atoms with Crippen LogP contribution >= 0.6 is 0 Å². The minimum Gasteiger partial charge on any atom is -0.371 e. The number of aryl methyl sites for hydroxylation is 1. The normalized spacial score (nSPS) is 21.0. The highest BCUT2D eigenvalue weighted by atomic mass is 16.5. The third-order valence-corrected chi connectivity index (χ3v) is 6.12. The van der Waals surface area contributed by atoms with Crippen LogP contribution in [-0.2, 0) is 4.79 Å². The molecule has 0 bridgehead atoms. The lowest BCUT2D eigenvalue weighted by atomic mass is 10.1. The van der Waals surface area contributed by atoms with Crippen molar-refractivity contribution in [3.63, 3.8) is 0 Å². The number of carbonyl (C=O) groups excluding carboxylic acids is 1. The molecule has 3 heterocycles. The lowest BCUT2D eigenvalue weighted by Crippen LogP contribution is -2.40. The highest BCUT2D eigenvalue weighted by molar-refractivity contribution is 5.80. The van der Waals surface area contributed by atoms with E-state index in [2.05, 4.69) is 50.8 Å². The van der Waals surface area contributed by atoms with E-state index in [4.69, 9.17) is 4.52 Å². The van der Waals surface area contributed by atoms with Crippen molar-refractivity contribution in [3.05, 3.63) is 30.1 Å². The fourth-order valence-corrected chi connectivity index (χ4v) is 4.36. The van der Waals surface area contributed by atoms with Crippen LogP contribution in [-0.4, -0.2) is 71.2 Å². The largest absolute Gasteiger partial charge is 0.371 e. The number of anilines is 1. The van der Waals surface area contributed by atoms with Crippen molar-refractivity contribution in [3.8, 4) is 11.5 Å². The summed E-state index contributed by atoms with van der Waals surface area (Å²) in [7, 11) is 0. The summed E-state index contributed by atoms with van der Waals surface area (Å²) in [6, 6.07) is 8.72. The Morgan fingerprint density at radius 1 is 1.10 bits per heavy atom. The van der Waals surface area contributed by atoms with Crippen molar-refractivity contribution in [2.75, 3.05) is 44.2 Å². The van der Waals surface area contributed by atoms with Crippen molar-refractivity contribution >= 4 is 11.6 Å². The van der Waals surface area contributed by atoms with Gasteiger partial charge in [-0.3, -0.25) is 9.69 Å². The summed E-state index contributed by atoms with van der Waals surface area (Å²) in [5.41, 5.74) is 2.06. The van der Waals surface area contributed by atoms with Gasteiger partial charge in [-0.05, 0) is 57.9 Å². The van der Waals surface area contributed by atoms with E-state index in [0.717, 1.165) is 63.4 Å². The molecule has 29 heavy (non-hydrogen) atoms. The fourth-order valence-electron chi connectivity index (χ4n) is 4.36. The summed E-state index contributed by atoms with van der Waals surface area (Å²) >= 11 is 0. The second-order valence-corrected chi connectivity index (χ2v) is 8.43. The molecule has 4 rings (SSSR count). The zero-order valence-corrected chi connectivity index (χ0v) is 17.7. The molecule has 0 unspecified atom stereocenters. The number of hydrogen-bond donors (Lipinski definition) is 0. The van der Waals surface area contributed by atoms with Crippen LogP contribution in [0.3, 0.4) is 0 Å². The molecular weight excluding hydrogens is 366 g/mol. The Labute approximate surface area is 172 Å². The maximum Gasteiger partial charge on any atom is 0.257 e. The molecule has 2 aliphatic rings. The Balaban J connectivity index is 1.35. The van der Waals surface area contributed by atoms with Gasteiger partial charge < -0.3 is 14.3 Å². The van der Waals surface area contributed by atoms with Crippen molar-refractivity contribution in [1.29, 1.82) is 0 Å². The summed E-state index contributed by atoms with van der Waals surface area (Å²) in [6.07, 6.45) is 1.99. The van der Waals surface area contributed by atoms with Gasteiger partial charge in [0.2, 0.25) is 5.91 Å². The summed E-state index contributed by atoms with van der Waals surface area (Å²) in [5.74, 6) is 1.60. The van der Waals surface area contributed by atoms with E-state index >= 15 is 0 Å². The number of amides is 1. The minimum atomic E-state index is 0.0962. The van der Waals surface area contributed by atoms with Gasteiger partial charge in [0.15, 0.2) is 5.82 Å². The van der Waals surface area contributed by atoms with E-state index in [-0.39, 0.29) is 5.92 Å². The predicted octanol–water partition coefficient (Wildman–Crippen LogP) is 2.81. The number of aromatic nitrogens is 2. The SMILES string of the molecule is Cc1noc(-c2ccc(N3CC[C@H](C(=O)N4CCCN(C(C)C)CC4)C3)cc2)n1. The Bertz CT molecular complexity index is 832. The third-order valence-electron chi connectivity index (χ3n) is 6.12. The first-order valence-corrected chi connectivity index (χ1v) is 10.7. The maximum absolute atomic E-state index is 13.1. The van der Waals surface area contributed by atoms with Crippen molar-refractivity contribution < 1.29 is 9.32 Å². The number of benzene rings is 1. The molecule has 0 saturated carbocycles. The third kappa shape index (κ3) is 4.45. The summed E-state index contributed by atoms with van der Waals surface area (Å²) < 4.78 is 5.24. The van der Waals surface area contributed by atoms with Gasteiger partial charge in [0, 0.05) is 56.6 Å². The minimum absolute atomic E-state index is 0.0962. The summed E-state index contributed by atoms with van der Waals surface area (Å²) in [5, 5.41) is 3.85. The maximum atomic E-state index is 13.1. The van der Waals surface area contributed by atoms with Crippen molar-refractivity contribution in [1.82, 2.24) is 19.9 Å². The molecule has 1 amide bonds. The van der Waals surface area contributed by atoms with E-state index in [0.29, 0.717) is 23.7 Å². The molecule has 2 fully saturated rings. The van der Waals surface area contributed by atoms with Crippen LogP contribution in [0.15, 0.2) is 28.8 Å². The number of nitrogens with zero attached hydrogens (tertiary/aromatic N) is 5. The fraction of sp³-hybridized carbons (Fsp3) is 0.591. The molecule has 0 aliphatic carbocycles. The zero-order valence-electron chi connectivity index (χ0n) is 17.7. The van der Waals surface area contributed by atoms with Crippen LogP contribution in [0.5, 0.6) is 0 Å². The van der Waals surface area contributed by atoms with E-state index in [1.807, 2.05) is 19.1 Å². The standard InChI is InChI=1S/C22H31N5O2/c1-16(2)25-10-4-11-26(14-13-25)22(28)19-9-12-27(15-19)20-7-5-18(6-8-20)21-23-17(3)24-29-21/h5-8,16,19H,4,9-15H2,1-3H3/t19-/m0/s1. The number of carbonyl (C=O) groups is 1. The van der Waals surface area contributed by atoms with Crippen LogP contribution in [0.2, 0.25) is 0 Å². The van der Waals surface area contributed by atoms with Crippen molar-refractivity contribution in [2.45, 2.75) is 39.7 Å². The van der Waals surface area contributed by atoms with Crippen LogP contribution in [0.1, 0.15) is 32.5 Å². The van der Waals surface area contributed by atoms with E-state index in [1.165, 1.54) is 0 Å².